The third kappa shape index (κ3) is 3.26. The predicted octanol–water partition coefficient (Wildman–Crippen LogP) is 3.20. The van der Waals surface area contributed by atoms with Crippen LogP contribution in [0, 0.1) is 6.92 Å². The van der Waals surface area contributed by atoms with Crippen LogP contribution in [0.5, 0.6) is 0 Å². The fourth-order valence-corrected chi connectivity index (χ4v) is 1.63. The zero-order valence-corrected chi connectivity index (χ0v) is 10.3. The summed E-state index contributed by atoms with van der Waals surface area (Å²) >= 11 is 5.23. The Bertz CT molecular complexity index is 511. The lowest BCUT2D eigenvalue weighted by atomic mass is 10.2. The van der Waals surface area contributed by atoms with Gasteiger partial charge in [0, 0.05) is 11.9 Å². The van der Waals surface area contributed by atoms with Gasteiger partial charge in [0.05, 0.1) is 11.9 Å². The maximum absolute atomic E-state index is 5.23. The molecule has 0 saturated carbocycles. The minimum absolute atomic E-state index is 0.562. The van der Waals surface area contributed by atoms with E-state index < -0.39 is 0 Å². The SMILES string of the molecule is Cc1ccncc1NC(=S)Nc1ccccc1. The normalized spacial score (nSPS) is 9.71. The van der Waals surface area contributed by atoms with Gasteiger partial charge in [-0.15, -0.1) is 0 Å². The van der Waals surface area contributed by atoms with Crippen molar-refractivity contribution in [3.8, 4) is 0 Å². The van der Waals surface area contributed by atoms with Crippen LogP contribution >= 0.6 is 12.2 Å². The van der Waals surface area contributed by atoms with Gasteiger partial charge in [0.1, 0.15) is 0 Å². The number of nitrogens with zero attached hydrogens (tertiary/aromatic N) is 1. The number of para-hydroxylation sites is 1. The number of pyridine rings is 1. The Hall–Kier alpha value is -1.94. The first-order chi connectivity index (χ1) is 8.25. The van der Waals surface area contributed by atoms with Crippen molar-refractivity contribution in [3.05, 3.63) is 54.4 Å². The molecule has 1 aromatic carbocycles. The van der Waals surface area contributed by atoms with Crippen LogP contribution in [0.25, 0.3) is 0 Å². The van der Waals surface area contributed by atoms with Gasteiger partial charge in [0.25, 0.3) is 0 Å². The fourth-order valence-electron chi connectivity index (χ4n) is 1.40. The van der Waals surface area contributed by atoms with Gasteiger partial charge in [-0.3, -0.25) is 4.98 Å². The molecular formula is C13H13N3S. The molecule has 1 heterocycles. The molecule has 4 heteroatoms. The highest BCUT2D eigenvalue weighted by Crippen LogP contribution is 2.12. The second-order valence-corrected chi connectivity index (χ2v) is 4.04. The van der Waals surface area contributed by atoms with Crippen LogP contribution in [0.4, 0.5) is 11.4 Å². The average molecular weight is 243 g/mol. The molecule has 3 nitrogen and oxygen atoms in total. The molecule has 0 amide bonds. The van der Waals surface area contributed by atoms with Crippen molar-refractivity contribution in [1.82, 2.24) is 4.98 Å². The molecule has 0 aliphatic heterocycles. The second-order valence-electron chi connectivity index (χ2n) is 3.64. The number of rotatable bonds is 2. The molecule has 0 bridgehead atoms. The van der Waals surface area contributed by atoms with E-state index in [4.69, 9.17) is 12.2 Å². The summed E-state index contributed by atoms with van der Waals surface area (Å²) in [6, 6.07) is 11.7. The minimum Gasteiger partial charge on any atom is -0.332 e. The summed E-state index contributed by atoms with van der Waals surface area (Å²) in [6.45, 7) is 2.01. The molecule has 2 aromatic rings. The van der Waals surface area contributed by atoms with Crippen molar-refractivity contribution in [1.29, 1.82) is 0 Å². The van der Waals surface area contributed by atoms with Gasteiger partial charge in [-0.05, 0) is 42.9 Å². The molecular weight excluding hydrogens is 230 g/mol. The monoisotopic (exact) mass is 243 g/mol. The van der Waals surface area contributed by atoms with Gasteiger partial charge in [0.15, 0.2) is 5.11 Å². The summed E-state index contributed by atoms with van der Waals surface area (Å²) < 4.78 is 0. The van der Waals surface area contributed by atoms with E-state index >= 15 is 0 Å². The van der Waals surface area contributed by atoms with E-state index in [2.05, 4.69) is 15.6 Å². The van der Waals surface area contributed by atoms with Crippen LogP contribution in [0.2, 0.25) is 0 Å². The highest BCUT2D eigenvalue weighted by Gasteiger charge is 2.00. The first-order valence-corrected chi connectivity index (χ1v) is 5.70. The van der Waals surface area contributed by atoms with Crippen LogP contribution in [0.15, 0.2) is 48.8 Å². The van der Waals surface area contributed by atoms with Crippen LogP contribution in [-0.4, -0.2) is 10.1 Å². The first kappa shape index (κ1) is 11.5. The Labute approximate surface area is 106 Å². The molecule has 0 radical (unpaired) electrons. The van der Waals surface area contributed by atoms with Crippen LogP contribution in [0.1, 0.15) is 5.56 Å². The van der Waals surface area contributed by atoms with Gasteiger partial charge in [-0.2, -0.15) is 0 Å². The van der Waals surface area contributed by atoms with Crippen molar-refractivity contribution in [2.75, 3.05) is 10.6 Å². The highest BCUT2D eigenvalue weighted by molar-refractivity contribution is 7.80. The Kier molecular flexibility index (Phi) is 3.67. The smallest absolute Gasteiger partial charge is 0.175 e. The molecule has 17 heavy (non-hydrogen) atoms. The molecule has 0 unspecified atom stereocenters. The van der Waals surface area contributed by atoms with Crippen LogP contribution in [0.3, 0.4) is 0 Å². The zero-order chi connectivity index (χ0) is 12.1. The van der Waals surface area contributed by atoms with Crippen molar-refractivity contribution in [3.63, 3.8) is 0 Å². The maximum atomic E-state index is 5.23. The van der Waals surface area contributed by atoms with Gasteiger partial charge in [-0.25, -0.2) is 0 Å². The molecule has 0 saturated heterocycles. The first-order valence-electron chi connectivity index (χ1n) is 5.29. The van der Waals surface area contributed by atoms with Crippen molar-refractivity contribution >= 4 is 28.7 Å². The summed E-state index contributed by atoms with van der Waals surface area (Å²) in [5.74, 6) is 0. The van der Waals surface area contributed by atoms with Crippen molar-refractivity contribution in [2.24, 2.45) is 0 Å². The summed E-state index contributed by atoms with van der Waals surface area (Å²) in [5, 5.41) is 6.79. The summed E-state index contributed by atoms with van der Waals surface area (Å²) in [4.78, 5) is 4.06. The Morgan fingerprint density at radius 3 is 2.59 bits per heavy atom. The van der Waals surface area contributed by atoms with E-state index in [0.717, 1.165) is 16.9 Å². The minimum atomic E-state index is 0.562. The number of nitrogens with one attached hydrogen (secondary N) is 2. The van der Waals surface area contributed by atoms with E-state index in [1.54, 1.807) is 12.4 Å². The Balaban J connectivity index is 2.01. The number of benzene rings is 1. The fraction of sp³-hybridized carbons (Fsp3) is 0.0769. The van der Waals surface area contributed by atoms with Gasteiger partial charge in [0.2, 0.25) is 0 Å². The van der Waals surface area contributed by atoms with Gasteiger partial charge in [-0.1, -0.05) is 18.2 Å². The lowest BCUT2D eigenvalue weighted by Crippen LogP contribution is -2.19. The average Bonchev–Trinajstić information content (AvgIpc) is 2.33. The number of thiocarbonyl (C=S) groups is 1. The van der Waals surface area contributed by atoms with E-state index in [0.29, 0.717) is 5.11 Å². The number of hydrogen-bond donors (Lipinski definition) is 2. The lowest BCUT2D eigenvalue weighted by Gasteiger charge is -2.11. The zero-order valence-electron chi connectivity index (χ0n) is 9.47. The topological polar surface area (TPSA) is 37.0 Å². The molecule has 1 aromatic heterocycles. The van der Waals surface area contributed by atoms with Crippen molar-refractivity contribution < 1.29 is 0 Å². The Morgan fingerprint density at radius 1 is 1.12 bits per heavy atom. The number of hydrogen-bond acceptors (Lipinski definition) is 2. The molecule has 2 N–H and O–H groups in total. The van der Waals surface area contributed by atoms with E-state index in [1.165, 1.54) is 0 Å². The molecule has 2 rings (SSSR count). The standard InChI is InChI=1S/C13H13N3S/c1-10-7-8-14-9-12(10)16-13(17)15-11-5-3-2-4-6-11/h2-9H,1H3,(H2,15,16,17). The lowest BCUT2D eigenvalue weighted by molar-refractivity contribution is 1.29. The number of anilines is 2. The number of aromatic nitrogens is 1. The summed E-state index contributed by atoms with van der Waals surface area (Å²) in [6.07, 6.45) is 3.52. The quantitative estimate of drug-likeness (QED) is 0.794. The summed E-state index contributed by atoms with van der Waals surface area (Å²) in [5.41, 5.74) is 2.99. The molecule has 0 aliphatic rings. The van der Waals surface area contributed by atoms with E-state index in [1.807, 2.05) is 43.3 Å². The highest BCUT2D eigenvalue weighted by atomic mass is 32.1. The largest absolute Gasteiger partial charge is 0.332 e. The second kappa shape index (κ2) is 5.41. The van der Waals surface area contributed by atoms with Crippen LogP contribution < -0.4 is 10.6 Å². The molecule has 0 aliphatic carbocycles. The summed E-state index contributed by atoms with van der Waals surface area (Å²) in [7, 11) is 0. The maximum Gasteiger partial charge on any atom is 0.175 e. The van der Waals surface area contributed by atoms with Crippen LogP contribution in [-0.2, 0) is 0 Å². The molecule has 86 valence electrons. The molecule has 0 fully saturated rings. The van der Waals surface area contributed by atoms with Gasteiger partial charge >= 0.3 is 0 Å². The third-order valence-electron chi connectivity index (χ3n) is 2.32. The third-order valence-corrected chi connectivity index (χ3v) is 2.52. The molecule has 0 atom stereocenters. The predicted molar refractivity (Wildman–Crippen MR) is 75.3 cm³/mol. The van der Waals surface area contributed by atoms with Crippen molar-refractivity contribution in [2.45, 2.75) is 6.92 Å². The van der Waals surface area contributed by atoms with E-state index in [9.17, 15) is 0 Å². The molecule has 0 spiro atoms. The Morgan fingerprint density at radius 2 is 1.88 bits per heavy atom. The number of aryl methyl sites for hydroxylation is 1. The van der Waals surface area contributed by atoms with E-state index in [-0.39, 0.29) is 0 Å². The van der Waals surface area contributed by atoms with Gasteiger partial charge < -0.3 is 10.6 Å².